The van der Waals surface area contributed by atoms with Crippen LogP contribution in [0.2, 0.25) is 0 Å². The van der Waals surface area contributed by atoms with Crippen LogP contribution in [0.3, 0.4) is 0 Å². The van der Waals surface area contributed by atoms with Gasteiger partial charge in [0, 0.05) is 18.8 Å². The molecule has 0 aliphatic heterocycles. The van der Waals surface area contributed by atoms with Crippen LogP contribution < -0.4 is 0 Å². The molecule has 0 unspecified atom stereocenters. The van der Waals surface area contributed by atoms with Gasteiger partial charge < -0.3 is 0 Å². The van der Waals surface area contributed by atoms with E-state index in [-0.39, 0.29) is 0 Å². The molecular weight excluding hydrogens is 190 g/mol. The molecule has 0 aromatic carbocycles. The molecule has 0 saturated carbocycles. The van der Waals surface area contributed by atoms with E-state index in [4.69, 9.17) is 0 Å². The summed E-state index contributed by atoms with van der Waals surface area (Å²) in [6.07, 6.45) is 7.20. The highest BCUT2D eigenvalue weighted by atomic mass is 15.2. The average molecular weight is 199 g/mol. The molecule has 0 atom stereocenters. The fourth-order valence-electron chi connectivity index (χ4n) is 1.54. The third-order valence-electron chi connectivity index (χ3n) is 2.29. The number of rotatable bonds is 1. The van der Waals surface area contributed by atoms with Gasteiger partial charge in [-0.3, -0.25) is 4.68 Å². The Balaban J connectivity index is 2.18. The highest BCUT2D eigenvalue weighted by molar-refractivity contribution is 5.63. The van der Waals surface area contributed by atoms with Crippen molar-refractivity contribution in [3.63, 3.8) is 0 Å². The van der Waals surface area contributed by atoms with Crippen molar-refractivity contribution >= 4 is 5.52 Å². The fraction of sp³-hybridized carbons (Fsp3) is 0.100. The minimum absolute atomic E-state index is 0.913. The Hall–Kier alpha value is -2.17. The Bertz CT molecular complexity index is 607. The summed E-state index contributed by atoms with van der Waals surface area (Å²) in [5.41, 5.74) is 2.96. The van der Waals surface area contributed by atoms with Crippen molar-refractivity contribution in [2.45, 2.75) is 0 Å². The molecule has 0 aliphatic carbocycles. The van der Waals surface area contributed by atoms with Crippen LogP contribution in [0.1, 0.15) is 0 Å². The second kappa shape index (κ2) is 2.91. The van der Waals surface area contributed by atoms with Crippen molar-refractivity contribution < 1.29 is 0 Å². The smallest absolute Gasteiger partial charge is 0.118 e. The van der Waals surface area contributed by atoms with Gasteiger partial charge in [-0.15, -0.1) is 0 Å². The molecule has 0 aliphatic rings. The van der Waals surface area contributed by atoms with Gasteiger partial charge in [0.05, 0.1) is 23.6 Å². The molecule has 3 rings (SSSR count). The summed E-state index contributed by atoms with van der Waals surface area (Å²) in [4.78, 5) is 4.31. The first kappa shape index (κ1) is 8.16. The first-order valence-corrected chi connectivity index (χ1v) is 4.61. The van der Waals surface area contributed by atoms with Crippen LogP contribution >= 0.6 is 0 Å². The number of fused-ring (bicyclic) bond motifs is 1. The molecule has 3 heterocycles. The van der Waals surface area contributed by atoms with Crippen molar-refractivity contribution in [2.75, 3.05) is 0 Å². The monoisotopic (exact) mass is 199 g/mol. The van der Waals surface area contributed by atoms with Gasteiger partial charge in [-0.2, -0.15) is 10.2 Å². The lowest BCUT2D eigenvalue weighted by molar-refractivity contribution is 0.768. The SMILES string of the molecule is Cn1cc(-c2cc3ccnn3cn2)cn1. The highest BCUT2D eigenvalue weighted by Gasteiger charge is 2.03. The van der Waals surface area contributed by atoms with Crippen LogP contribution in [0.15, 0.2) is 37.1 Å². The largest absolute Gasteiger partial charge is 0.275 e. The lowest BCUT2D eigenvalue weighted by atomic mass is 10.2. The number of hydrogen-bond donors (Lipinski definition) is 0. The molecule has 0 spiro atoms. The van der Waals surface area contributed by atoms with Crippen molar-refractivity contribution in [3.05, 3.63) is 37.1 Å². The molecule has 0 amide bonds. The molecule has 0 saturated heterocycles. The average Bonchev–Trinajstić information content (AvgIpc) is 2.84. The molecular formula is C10H9N5. The zero-order valence-electron chi connectivity index (χ0n) is 8.20. The summed E-state index contributed by atoms with van der Waals surface area (Å²) >= 11 is 0. The number of hydrogen-bond acceptors (Lipinski definition) is 3. The Morgan fingerprint density at radius 3 is 3.00 bits per heavy atom. The minimum atomic E-state index is 0.913. The van der Waals surface area contributed by atoms with Crippen LogP contribution in [0.4, 0.5) is 0 Å². The number of aromatic nitrogens is 5. The van der Waals surface area contributed by atoms with Crippen molar-refractivity contribution in [2.24, 2.45) is 7.05 Å². The molecule has 5 nitrogen and oxygen atoms in total. The first-order chi connectivity index (χ1) is 7.33. The lowest BCUT2D eigenvalue weighted by Gasteiger charge is -1.96. The van der Waals surface area contributed by atoms with Crippen molar-refractivity contribution in [3.8, 4) is 11.3 Å². The zero-order chi connectivity index (χ0) is 10.3. The maximum absolute atomic E-state index is 4.31. The highest BCUT2D eigenvalue weighted by Crippen LogP contribution is 2.16. The van der Waals surface area contributed by atoms with E-state index >= 15 is 0 Å². The van der Waals surface area contributed by atoms with E-state index in [0.717, 1.165) is 16.8 Å². The van der Waals surface area contributed by atoms with Gasteiger partial charge in [0.15, 0.2) is 0 Å². The van der Waals surface area contributed by atoms with E-state index < -0.39 is 0 Å². The summed E-state index contributed by atoms with van der Waals surface area (Å²) < 4.78 is 3.50. The van der Waals surface area contributed by atoms with Crippen LogP contribution in [0.5, 0.6) is 0 Å². The van der Waals surface area contributed by atoms with E-state index in [1.807, 2.05) is 25.4 Å². The standard InChI is InChI=1S/C10H9N5/c1-14-6-8(5-13-14)10-4-9-2-3-12-15(9)7-11-10/h2-7H,1H3. The molecule has 0 radical (unpaired) electrons. The second-order valence-electron chi connectivity index (χ2n) is 3.38. The second-order valence-corrected chi connectivity index (χ2v) is 3.38. The van der Waals surface area contributed by atoms with Crippen molar-refractivity contribution in [1.82, 2.24) is 24.4 Å². The van der Waals surface area contributed by atoms with Gasteiger partial charge in [0.25, 0.3) is 0 Å². The summed E-state index contributed by atoms with van der Waals surface area (Å²) in [7, 11) is 1.89. The summed E-state index contributed by atoms with van der Waals surface area (Å²) in [5.74, 6) is 0. The van der Waals surface area contributed by atoms with E-state index in [1.165, 1.54) is 0 Å². The van der Waals surface area contributed by atoms with Gasteiger partial charge in [0.1, 0.15) is 6.33 Å². The summed E-state index contributed by atoms with van der Waals surface area (Å²) in [6, 6.07) is 3.94. The van der Waals surface area contributed by atoms with Gasteiger partial charge in [-0.25, -0.2) is 9.50 Å². The molecule has 74 valence electrons. The Morgan fingerprint density at radius 1 is 1.27 bits per heavy atom. The van der Waals surface area contributed by atoms with Gasteiger partial charge >= 0.3 is 0 Å². The van der Waals surface area contributed by atoms with Crippen LogP contribution in [0, 0.1) is 0 Å². The predicted molar refractivity (Wildman–Crippen MR) is 55.2 cm³/mol. The van der Waals surface area contributed by atoms with Crippen LogP contribution in [-0.2, 0) is 7.05 Å². The topological polar surface area (TPSA) is 48.0 Å². The van der Waals surface area contributed by atoms with E-state index in [0.29, 0.717) is 0 Å². The molecule has 0 fully saturated rings. The number of nitrogens with zero attached hydrogens (tertiary/aromatic N) is 5. The maximum Gasteiger partial charge on any atom is 0.118 e. The number of aryl methyl sites for hydroxylation is 1. The first-order valence-electron chi connectivity index (χ1n) is 4.61. The van der Waals surface area contributed by atoms with Gasteiger partial charge in [-0.1, -0.05) is 0 Å². The summed E-state index contributed by atoms with van der Waals surface area (Å²) in [5, 5.41) is 8.21. The van der Waals surface area contributed by atoms with E-state index in [9.17, 15) is 0 Å². The van der Waals surface area contributed by atoms with Crippen LogP contribution in [0.25, 0.3) is 16.8 Å². The Labute approximate surface area is 86.0 Å². The third-order valence-corrected chi connectivity index (χ3v) is 2.29. The van der Waals surface area contributed by atoms with Crippen molar-refractivity contribution in [1.29, 1.82) is 0 Å². The maximum atomic E-state index is 4.31. The van der Waals surface area contributed by atoms with Crippen LogP contribution in [-0.4, -0.2) is 24.4 Å². The van der Waals surface area contributed by atoms with E-state index in [1.54, 1.807) is 27.9 Å². The lowest BCUT2D eigenvalue weighted by Crippen LogP contribution is -1.90. The molecule has 3 aromatic rings. The normalized spacial score (nSPS) is 11.0. The van der Waals surface area contributed by atoms with E-state index in [2.05, 4.69) is 15.2 Å². The van der Waals surface area contributed by atoms with Gasteiger partial charge in [0.2, 0.25) is 0 Å². The molecule has 3 aromatic heterocycles. The summed E-state index contributed by atoms with van der Waals surface area (Å²) in [6.45, 7) is 0. The molecule has 0 bridgehead atoms. The molecule has 5 heteroatoms. The molecule has 0 N–H and O–H groups in total. The quantitative estimate of drug-likeness (QED) is 0.590. The predicted octanol–water partition coefficient (Wildman–Crippen LogP) is 1.13. The Morgan fingerprint density at radius 2 is 2.20 bits per heavy atom. The fourth-order valence-corrected chi connectivity index (χ4v) is 1.54. The zero-order valence-corrected chi connectivity index (χ0v) is 8.20. The molecule has 15 heavy (non-hydrogen) atoms. The van der Waals surface area contributed by atoms with Gasteiger partial charge in [-0.05, 0) is 12.1 Å². The third kappa shape index (κ3) is 1.28. The Kier molecular flexibility index (Phi) is 1.58. The minimum Gasteiger partial charge on any atom is -0.275 e.